The predicted molar refractivity (Wildman–Crippen MR) is 140 cm³/mol. The number of nitrogens with one attached hydrogen (secondary N) is 2. The molecule has 7 rings (SSSR count). The van der Waals surface area contributed by atoms with Gasteiger partial charge in [-0.15, -0.1) is 0 Å². The second kappa shape index (κ2) is 8.83. The lowest BCUT2D eigenvalue weighted by atomic mass is 9.86. The third kappa shape index (κ3) is 3.94. The number of imide groups is 2. The first kappa shape index (κ1) is 23.2. The molecule has 0 spiro atoms. The molecule has 2 fully saturated rings. The largest absolute Gasteiger partial charge is 0.382 e. The predicted octanol–water partition coefficient (Wildman–Crippen LogP) is 2.71. The summed E-state index contributed by atoms with van der Waals surface area (Å²) in [5.41, 5.74) is 4.63. The van der Waals surface area contributed by atoms with Crippen LogP contribution in [0.25, 0.3) is 22.3 Å². The maximum Gasteiger partial charge on any atom is 0.262 e. The van der Waals surface area contributed by atoms with Crippen LogP contribution in [0.15, 0.2) is 61.1 Å². The fraction of sp³-hybridized carbons (Fsp3) is 0.250. The SMILES string of the molecule is O=C1CCC(N2C(=O)c3ccc(NC4CC(n5cc(-c6cnc7ccccc7n6)cn5)C4)cc3C2=O)C(=O)N1. The average Bonchev–Trinajstić information content (AvgIpc) is 3.49. The van der Waals surface area contributed by atoms with E-state index >= 15 is 0 Å². The molecule has 2 aromatic carbocycles. The van der Waals surface area contributed by atoms with Gasteiger partial charge in [-0.1, -0.05) is 12.1 Å². The molecule has 2 aromatic heterocycles. The Morgan fingerprint density at radius 3 is 2.54 bits per heavy atom. The number of amides is 4. The summed E-state index contributed by atoms with van der Waals surface area (Å²) in [6.07, 6.45) is 7.46. The molecule has 1 unspecified atom stereocenters. The Kier molecular flexibility index (Phi) is 5.25. The molecule has 1 saturated carbocycles. The van der Waals surface area contributed by atoms with Crippen LogP contribution in [0, 0.1) is 0 Å². The molecule has 1 aliphatic carbocycles. The van der Waals surface area contributed by atoms with Crippen molar-refractivity contribution in [1.82, 2.24) is 30.0 Å². The van der Waals surface area contributed by atoms with Crippen molar-refractivity contribution >= 4 is 40.3 Å². The number of carbonyl (C=O) groups is 4. The summed E-state index contributed by atoms with van der Waals surface area (Å²) in [6.45, 7) is 0. The number of hydrogen-bond acceptors (Lipinski definition) is 8. The zero-order chi connectivity index (χ0) is 26.7. The third-order valence-electron chi connectivity index (χ3n) is 7.64. The van der Waals surface area contributed by atoms with Crippen molar-refractivity contribution in [1.29, 1.82) is 0 Å². The van der Waals surface area contributed by atoms with Gasteiger partial charge in [0.05, 0.1) is 46.3 Å². The summed E-state index contributed by atoms with van der Waals surface area (Å²) in [5.74, 6) is -2.04. The van der Waals surface area contributed by atoms with Gasteiger partial charge in [0.1, 0.15) is 6.04 Å². The highest BCUT2D eigenvalue weighted by atomic mass is 16.2. The molecule has 1 saturated heterocycles. The van der Waals surface area contributed by atoms with Crippen molar-refractivity contribution < 1.29 is 19.2 Å². The van der Waals surface area contributed by atoms with E-state index < -0.39 is 29.7 Å². The Hall–Kier alpha value is -4.93. The summed E-state index contributed by atoms with van der Waals surface area (Å²) in [6, 6.07) is 12.2. The van der Waals surface area contributed by atoms with Gasteiger partial charge in [-0.2, -0.15) is 5.10 Å². The number of fused-ring (bicyclic) bond motifs is 2. The van der Waals surface area contributed by atoms with E-state index in [9.17, 15) is 19.2 Å². The Balaban J connectivity index is 1.01. The molecule has 4 aromatic rings. The summed E-state index contributed by atoms with van der Waals surface area (Å²) in [7, 11) is 0. The zero-order valence-electron chi connectivity index (χ0n) is 20.7. The first-order chi connectivity index (χ1) is 18.9. The summed E-state index contributed by atoms with van der Waals surface area (Å²) >= 11 is 0. The van der Waals surface area contributed by atoms with Gasteiger partial charge in [-0.05, 0) is 49.6 Å². The van der Waals surface area contributed by atoms with E-state index in [0.29, 0.717) is 0 Å². The first-order valence-corrected chi connectivity index (χ1v) is 12.8. The molecule has 194 valence electrons. The van der Waals surface area contributed by atoms with Gasteiger partial charge in [0.15, 0.2) is 0 Å². The van der Waals surface area contributed by atoms with Crippen molar-refractivity contribution in [2.75, 3.05) is 5.32 Å². The fourth-order valence-electron chi connectivity index (χ4n) is 5.48. The average molecular weight is 522 g/mol. The maximum absolute atomic E-state index is 13.1. The standard InChI is InChI=1S/C28H23N7O4/c36-25-8-7-24(26(37)33-25)35-27(38)19-6-5-16(11-20(19)28(35)39)31-17-9-18(10-17)34-14-15(12-30-34)23-13-29-21-3-1-2-4-22(21)32-23/h1-6,11-14,17-18,24,31H,7-10H2,(H,33,36,37). The molecular weight excluding hydrogens is 498 g/mol. The Morgan fingerprint density at radius 2 is 1.72 bits per heavy atom. The molecule has 3 aliphatic rings. The Morgan fingerprint density at radius 1 is 0.923 bits per heavy atom. The van der Waals surface area contributed by atoms with Crippen molar-refractivity contribution in [2.45, 2.75) is 43.8 Å². The van der Waals surface area contributed by atoms with E-state index in [-0.39, 0.29) is 36.1 Å². The van der Waals surface area contributed by atoms with Gasteiger partial charge in [0.25, 0.3) is 11.8 Å². The fourth-order valence-corrected chi connectivity index (χ4v) is 5.48. The van der Waals surface area contributed by atoms with E-state index in [1.165, 1.54) is 0 Å². The highest BCUT2D eigenvalue weighted by Gasteiger charge is 2.44. The van der Waals surface area contributed by atoms with Crippen LogP contribution in [-0.4, -0.2) is 60.4 Å². The Labute approximate surface area is 222 Å². The van der Waals surface area contributed by atoms with Gasteiger partial charge in [-0.25, -0.2) is 4.98 Å². The molecule has 11 nitrogen and oxygen atoms in total. The number of anilines is 1. The minimum Gasteiger partial charge on any atom is -0.382 e. The highest BCUT2D eigenvalue weighted by molar-refractivity contribution is 6.23. The molecule has 4 heterocycles. The minimum atomic E-state index is -0.974. The Bertz CT molecular complexity index is 1690. The van der Waals surface area contributed by atoms with Crippen LogP contribution in [0.3, 0.4) is 0 Å². The van der Waals surface area contributed by atoms with Crippen molar-refractivity contribution in [2.24, 2.45) is 0 Å². The van der Waals surface area contributed by atoms with E-state index in [4.69, 9.17) is 4.98 Å². The van der Waals surface area contributed by atoms with Crippen LogP contribution in [-0.2, 0) is 9.59 Å². The number of carbonyl (C=O) groups excluding carboxylic acids is 4. The molecule has 2 N–H and O–H groups in total. The van der Waals surface area contributed by atoms with E-state index in [0.717, 1.165) is 45.7 Å². The van der Waals surface area contributed by atoms with Crippen LogP contribution < -0.4 is 10.6 Å². The summed E-state index contributed by atoms with van der Waals surface area (Å²) < 4.78 is 1.95. The van der Waals surface area contributed by atoms with Crippen LogP contribution in [0.4, 0.5) is 5.69 Å². The van der Waals surface area contributed by atoms with Gasteiger partial charge < -0.3 is 5.32 Å². The smallest absolute Gasteiger partial charge is 0.262 e. The number of aromatic nitrogens is 4. The quantitative estimate of drug-likeness (QED) is 0.382. The van der Waals surface area contributed by atoms with Crippen LogP contribution >= 0.6 is 0 Å². The van der Waals surface area contributed by atoms with Crippen LogP contribution in [0.2, 0.25) is 0 Å². The molecule has 1 atom stereocenters. The highest BCUT2D eigenvalue weighted by Crippen LogP contribution is 2.36. The van der Waals surface area contributed by atoms with Crippen LogP contribution in [0.5, 0.6) is 0 Å². The molecular formula is C28H23N7O4. The maximum atomic E-state index is 13.1. The van der Waals surface area contributed by atoms with Crippen molar-refractivity contribution in [3.63, 3.8) is 0 Å². The van der Waals surface area contributed by atoms with E-state index in [1.807, 2.05) is 35.1 Å². The monoisotopic (exact) mass is 521 g/mol. The van der Waals surface area contributed by atoms with Crippen molar-refractivity contribution in [3.8, 4) is 11.3 Å². The van der Waals surface area contributed by atoms with Crippen molar-refractivity contribution in [3.05, 3.63) is 72.2 Å². The number of piperidine rings is 1. The topological polar surface area (TPSA) is 139 Å². The number of para-hydroxylation sites is 2. The zero-order valence-corrected chi connectivity index (χ0v) is 20.7. The number of rotatable bonds is 5. The molecule has 11 heteroatoms. The normalized spacial score (nSPS) is 22.6. The van der Waals surface area contributed by atoms with Gasteiger partial charge in [-0.3, -0.25) is 39.1 Å². The number of hydrogen-bond donors (Lipinski definition) is 2. The minimum absolute atomic E-state index is 0.0901. The third-order valence-corrected chi connectivity index (χ3v) is 7.64. The molecule has 39 heavy (non-hydrogen) atoms. The summed E-state index contributed by atoms with van der Waals surface area (Å²) in [4.78, 5) is 59.9. The second-order valence-corrected chi connectivity index (χ2v) is 10.1. The molecule has 0 radical (unpaired) electrons. The van der Waals surface area contributed by atoms with Gasteiger partial charge in [0, 0.05) is 29.9 Å². The first-order valence-electron chi connectivity index (χ1n) is 12.8. The van der Waals surface area contributed by atoms with E-state index in [1.54, 1.807) is 30.6 Å². The molecule has 2 aliphatic heterocycles. The lowest BCUT2D eigenvalue weighted by molar-refractivity contribution is -0.136. The number of benzene rings is 2. The molecule has 0 bridgehead atoms. The van der Waals surface area contributed by atoms with Gasteiger partial charge >= 0.3 is 0 Å². The van der Waals surface area contributed by atoms with E-state index in [2.05, 4.69) is 20.7 Å². The second-order valence-electron chi connectivity index (χ2n) is 10.1. The molecule has 4 amide bonds. The number of nitrogens with zero attached hydrogens (tertiary/aromatic N) is 5. The van der Waals surface area contributed by atoms with Gasteiger partial charge in [0.2, 0.25) is 11.8 Å². The lowest BCUT2D eigenvalue weighted by Crippen LogP contribution is -2.54. The summed E-state index contributed by atoms with van der Waals surface area (Å²) in [5, 5.41) is 10.2. The van der Waals surface area contributed by atoms with Crippen LogP contribution in [0.1, 0.15) is 52.4 Å². The lowest BCUT2D eigenvalue weighted by Gasteiger charge is -2.36.